The Hall–Kier alpha value is -2.97. The van der Waals surface area contributed by atoms with Crippen molar-refractivity contribution in [3.05, 3.63) is 35.9 Å². The van der Waals surface area contributed by atoms with E-state index in [0.717, 1.165) is 25.9 Å². The maximum Gasteiger partial charge on any atom is 0.260 e. The van der Waals surface area contributed by atoms with Gasteiger partial charge in [0, 0.05) is 30.8 Å². The largest absolute Gasteiger partial charge is 0.467 e. The van der Waals surface area contributed by atoms with Crippen LogP contribution in [0.4, 0.5) is 0 Å². The van der Waals surface area contributed by atoms with Crippen LogP contribution in [0.3, 0.4) is 0 Å². The number of rotatable bonds is 4. The Kier molecular flexibility index (Phi) is 4.04. The van der Waals surface area contributed by atoms with Gasteiger partial charge in [0.05, 0.1) is 6.20 Å². The molecule has 0 spiro atoms. The summed E-state index contributed by atoms with van der Waals surface area (Å²) in [6, 6.07) is 3.43. The second kappa shape index (κ2) is 6.50. The summed E-state index contributed by atoms with van der Waals surface area (Å²) in [5.74, 6) is 0.791. The standard InChI is InChI=1S/C16H19N7O2/c1-11-8-17-20-16(11)12-4-6-22(7-5-12)15(24)9-25-14-3-2-13-19-18-10-23(13)21-14/h2-3,8,10,12H,4-7,9H2,1H3,(H,17,20). The van der Waals surface area contributed by atoms with Gasteiger partial charge in [0.25, 0.3) is 5.91 Å². The molecule has 1 N–H and O–H groups in total. The molecule has 130 valence electrons. The van der Waals surface area contributed by atoms with Crippen LogP contribution in [0, 0.1) is 6.92 Å². The highest BCUT2D eigenvalue weighted by Gasteiger charge is 2.25. The molecule has 0 aromatic carbocycles. The Labute approximate surface area is 144 Å². The lowest BCUT2D eigenvalue weighted by molar-refractivity contribution is -0.134. The molecule has 0 atom stereocenters. The van der Waals surface area contributed by atoms with Gasteiger partial charge in [-0.15, -0.1) is 15.3 Å². The molecule has 0 aliphatic carbocycles. The van der Waals surface area contributed by atoms with Gasteiger partial charge >= 0.3 is 0 Å². The lowest BCUT2D eigenvalue weighted by Crippen LogP contribution is -2.40. The van der Waals surface area contributed by atoms with Crippen molar-refractivity contribution in [2.24, 2.45) is 0 Å². The van der Waals surface area contributed by atoms with E-state index in [1.807, 2.05) is 11.1 Å². The molecule has 9 heteroatoms. The predicted octanol–water partition coefficient (Wildman–Crippen LogP) is 0.941. The van der Waals surface area contributed by atoms with Crippen LogP contribution in [0.15, 0.2) is 24.7 Å². The van der Waals surface area contributed by atoms with Crippen molar-refractivity contribution in [3.8, 4) is 5.88 Å². The Morgan fingerprint density at radius 1 is 1.36 bits per heavy atom. The summed E-state index contributed by atoms with van der Waals surface area (Å²) in [5.41, 5.74) is 3.01. The third-order valence-corrected chi connectivity index (χ3v) is 4.60. The van der Waals surface area contributed by atoms with Crippen molar-refractivity contribution in [1.82, 2.24) is 34.9 Å². The highest BCUT2D eigenvalue weighted by molar-refractivity contribution is 5.77. The Morgan fingerprint density at radius 2 is 2.20 bits per heavy atom. The van der Waals surface area contributed by atoms with Crippen molar-refractivity contribution in [1.29, 1.82) is 0 Å². The van der Waals surface area contributed by atoms with Crippen molar-refractivity contribution in [2.75, 3.05) is 19.7 Å². The molecule has 3 aromatic rings. The molecule has 0 unspecified atom stereocenters. The number of H-pyrrole nitrogens is 1. The molecule has 4 rings (SSSR count). The molecule has 25 heavy (non-hydrogen) atoms. The average molecular weight is 341 g/mol. The molecule has 1 saturated heterocycles. The molecule has 0 bridgehead atoms. The van der Waals surface area contributed by atoms with E-state index in [4.69, 9.17) is 4.74 Å². The van der Waals surface area contributed by atoms with E-state index < -0.39 is 0 Å². The van der Waals surface area contributed by atoms with Gasteiger partial charge in [0.1, 0.15) is 6.33 Å². The van der Waals surface area contributed by atoms with E-state index in [9.17, 15) is 4.79 Å². The number of aromatic nitrogens is 6. The van der Waals surface area contributed by atoms with Crippen molar-refractivity contribution in [2.45, 2.75) is 25.7 Å². The second-order valence-corrected chi connectivity index (χ2v) is 6.22. The second-order valence-electron chi connectivity index (χ2n) is 6.22. The van der Waals surface area contributed by atoms with Crippen molar-refractivity contribution < 1.29 is 9.53 Å². The minimum Gasteiger partial charge on any atom is -0.467 e. The molecule has 0 saturated carbocycles. The van der Waals surface area contributed by atoms with Gasteiger partial charge in [-0.1, -0.05) is 0 Å². The number of likely N-dealkylation sites (tertiary alicyclic amines) is 1. The zero-order valence-corrected chi connectivity index (χ0v) is 13.9. The number of aromatic amines is 1. The van der Waals surface area contributed by atoms with Gasteiger partial charge in [0.15, 0.2) is 12.3 Å². The van der Waals surface area contributed by atoms with Crippen LogP contribution in [0.25, 0.3) is 5.65 Å². The number of nitrogens with zero attached hydrogens (tertiary/aromatic N) is 6. The van der Waals surface area contributed by atoms with Gasteiger partial charge in [-0.2, -0.15) is 9.61 Å². The minimum absolute atomic E-state index is 0.0195. The van der Waals surface area contributed by atoms with Crippen LogP contribution in [-0.2, 0) is 4.79 Å². The number of aryl methyl sites for hydroxylation is 1. The first-order chi connectivity index (χ1) is 12.2. The first kappa shape index (κ1) is 15.6. The van der Waals surface area contributed by atoms with Crippen LogP contribution >= 0.6 is 0 Å². The maximum absolute atomic E-state index is 12.4. The van der Waals surface area contributed by atoms with Gasteiger partial charge in [-0.25, -0.2) is 0 Å². The first-order valence-corrected chi connectivity index (χ1v) is 8.28. The number of fused-ring (bicyclic) bond motifs is 1. The molecule has 0 radical (unpaired) electrons. The highest BCUT2D eigenvalue weighted by Crippen LogP contribution is 2.28. The summed E-state index contributed by atoms with van der Waals surface area (Å²) in [6.45, 7) is 3.49. The average Bonchev–Trinajstić information content (AvgIpc) is 3.28. The van der Waals surface area contributed by atoms with Gasteiger partial charge < -0.3 is 9.64 Å². The quantitative estimate of drug-likeness (QED) is 0.758. The SMILES string of the molecule is Cc1cn[nH]c1C1CCN(C(=O)COc2ccc3nncn3n2)CC1. The zero-order valence-electron chi connectivity index (χ0n) is 13.9. The van der Waals surface area contributed by atoms with Crippen molar-refractivity contribution >= 4 is 11.6 Å². The fourth-order valence-corrected chi connectivity index (χ4v) is 3.20. The van der Waals surface area contributed by atoms with Crippen LogP contribution in [-0.4, -0.2) is 60.5 Å². The molecule has 9 nitrogen and oxygen atoms in total. The normalized spacial score (nSPS) is 15.6. The number of hydrogen-bond acceptors (Lipinski definition) is 6. The number of amides is 1. The fraction of sp³-hybridized carbons (Fsp3) is 0.438. The Morgan fingerprint density at radius 3 is 2.96 bits per heavy atom. The van der Waals surface area contributed by atoms with Crippen LogP contribution < -0.4 is 4.74 Å². The third-order valence-electron chi connectivity index (χ3n) is 4.60. The summed E-state index contributed by atoms with van der Waals surface area (Å²) in [5, 5.41) is 19.0. The van der Waals surface area contributed by atoms with E-state index in [1.165, 1.54) is 22.1 Å². The summed E-state index contributed by atoms with van der Waals surface area (Å²) in [7, 11) is 0. The molecule has 1 aliphatic rings. The molecule has 1 amide bonds. The highest BCUT2D eigenvalue weighted by atomic mass is 16.5. The molecule has 4 heterocycles. The van der Waals surface area contributed by atoms with Gasteiger partial charge in [0.2, 0.25) is 5.88 Å². The summed E-state index contributed by atoms with van der Waals surface area (Å²) >= 11 is 0. The smallest absolute Gasteiger partial charge is 0.260 e. The summed E-state index contributed by atoms with van der Waals surface area (Å²) in [4.78, 5) is 14.2. The van der Waals surface area contributed by atoms with Gasteiger partial charge in [-0.3, -0.25) is 9.89 Å². The number of ether oxygens (including phenoxy) is 1. The lowest BCUT2D eigenvalue weighted by atomic mass is 9.92. The molecular weight excluding hydrogens is 322 g/mol. The number of hydrogen-bond donors (Lipinski definition) is 1. The third kappa shape index (κ3) is 3.17. The number of nitrogens with one attached hydrogen (secondary N) is 1. The molecule has 1 fully saturated rings. The maximum atomic E-state index is 12.4. The molecular formula is C16H19N7O2. The number of piperidine rings is 1. The summed E-state index contributed by atoms with van der Waals surface area (Å²) < 4.78 is 7.03. The predicted molar refractivity (Wildman–Crippen MR) is 88.2 cm³/mol. The van der Waals surface area contributed by atoms with E-state index >= 15 is 0 Å². The first-order valence-electron chi connectivity index (χ1n) is 8.28. The lowest BCUT2D eigenvalue weighted by Gasteiger charge is -2.31. The van der Waals surface area contributed by atoms with Crippen LogP contribution in [0.1, 0.15) is 30.0 Å². The van der Waals surface area contributed by atoms with E-state index in [-0.39, 0.29) is 12.5 Å². The number of carbonyl (C=O) groups is 1. The zero-order chi connectivity index (χ0) is 17.2. The van der Waals surface area contributed by atoms with E-state index in [2.05, 4.69) is 32.4 Å². The molecule has 3 aromatic heterocycles. The van der Waals surface area contributed by atoms with Crippen molar-refractivity contribution in [3.63, 3.8) is 0 Å². The Balaban J connectivity index is 1.31. The molecule has 1 aliphatic heterocycles. The minimum atomic E-state index is -0.0227. The fourth-order valence-electron chi connectivity index (χ4n) is 3.20. The number of carbonyl (C=O) groups excluding carboxylic acids is 1. The summed E-state index contributed by atoms with van der Waals surface area (Å²) in [6.07, 6.45) is 5.20. The Bertz CT molecular complexity index is 879. The topological polar surface area (TPSA) is 101 Å². The van der Waals surface area contributed by atoms with Crippen LogP contribution in [0.2, 0.25) is 0 Å². The van der Waals surface area contributed by atoms with Gasteiger partial charge in [-0.05, 0) is 31.4 Å². The van der Waals surface area contributed by atoms with E-state index in [0.29, 0.717) is 17.4 Å². The monoisotopic (exact) mass is 341 g/mol. The van der Waals surface area contributed by atoms with E-state index in [1.54, 1.807) is 12.1 Å². The van der Waals surface area contributed by atoms with Crippen LogP contribution in [0.5, 0.6) is 5.88 Å².